The van der Waals surface area contributed by atoms with Gasteiger partial charge in [-0.15, -0.1) is 0 Å². The third kappa shape index (κ3) is 3.03. The van der Waals surface area contributed by atoms with Crippen LogP contribution in [0, 0.1) is 0 Å². The summed E-state index contributed by atoms with van der Waals surface area (Å²) in [4.78, 5) is 14.6. The van der Waals surface area contributed by atoms with E-state index in [2.05, 4.69) is 32.0 Å². The number of rotatable bonds is 3. The highest BCUT2D eigenvalue weighted by Crippen LogP contribution is 2.24. The molecule has 1 saturated heterocycles. The molecular formula is C19H20N4O. The summed E-state index contributed by atoms with van der Waals surface area (Å²) in [7, 11) is 0. The topological polar surface area (TPSA) is 65.0 Å². The van der Waals surface area contributed by atoms with Crippen LogP contribution in [0.15, 0.2) is 54.9 Å². The predicted molar refractivity (Wildman–Crippen MR) is 94.7 cm³/mol. The minimum Gasteiger partial charge on any atom is -0.393 e. The van der Waals surface area contributed by atoms with Crippen molar-refractivity contribution in [2.75, 3.05) is 18.0 Å². The highest BCUT2D eigenvalue weighted by atomic mass is 16.3. The van der Waals surface area contributed by atoms with Crippen LogP contribution in [0.5, 0.6) is 0 Å². The molecule has 4 rings (SSSR count). The van der Waals surface area contributed by atoms with E-state index in [0.29, 0.717) is 0 Å². The first-order valence-corrected chi connectivity index (χ1v) is 8.29. The fraction of sp³-hybridized carbons (Fsp3) is 0.263. The van der Waals surface area contributed by atoms with Gasteiger partial charge < -0.3 is 15.0 Å². The molecule has 5 heteroatoms. The van der Waals surface area contributed by atoms with Crippen molar-refractivity contribution in [1.82, 2.24) is 15.0 Å². The highest BCUT2D eigenvalue weighted by molar-refractivity contribution is 5.64. The molecule has 1 fully saturated rings. The summed E-state index contributed by atoms with van der Waals surface area (Å²) in [5, 5.41) is 9.60. The number of hydrogen-bond donors (Lipinski definition) is 2. The van der Waals surface area contributed by atoms with Gasteiger partial charge in [0.25, 0.3) is 0 Å². The van der Waals surface area contributed by atoms with Gasteiger partial charge in [-0.25, -0.2) is 9.97 Å². The van der Waals surface area contributed by atoms with Crippen molar-refractivity contribution in [1.29, 1.82) is 0 Å². The van der Waals surface area contributed by atoms with Crippen molar-refractivity contribution in [2.24, 2.45) is 0 Å². The molecule has 0 spiro atoms. The minimum atomic E-state index is -0.167. The molecule has 1 aromatic carbocycles. The Morgan fingerprint density at radius 2 is 1.71 bits per heavy atom. The number of H-pyrrole nitrogens is 1. The van der Waals surface area contributed by atoms with Crippen LogP contribution in [0.2, 0.25) is 0 Å². The molecule has 3 aromatic rings. The molecule has 24 heavy (non-hydrogen) atoms. The van der Waals surface area contributed by atoms with Gasteiger partial charge >= 0.3 is 0 Å². The smallest absolute Gasteiger partial charge is 0.139 e. The standard InChI is InChI=1S/C19H20N4O/c24-16-8-10-23(11-9-16)18-7-6-15(12-20-18)19-21-13-17(22-19)14-4-2-1-3-5-14/h1-7,12-13,16,24H,8-11H2,(H,21,22). The van der Waals surface area contributed by atoms with Gasteiger partial charge in [0.05, 0.1) is 18.0 Å². The molecule has 0 bridgehead atoms. The number of aromatic nitrogens is 3. The Hall–Kier alpha value is -2.66. The second-order valence-electron chi connectivity index (χ2n) is 6.13. The average molecular weight is 320 g/mol. The number of benzene rings is 1. The lowest BCUT2D eigenvalue weighted by Crippen LogP contribution is -2.36. The van der Waals surface area contributed by atoms with Crippen molar-refractivity contribution >= 4 is 5.82 Å². The van der Waals surface area contributed by atoms with Crippen LogP contribution in [-0.2, 0) is 0 Å². The Morgan fingerprint density at radius 3 is 2.42 bits per heavy atom. The zero-order valence-electron chi connectivity index (χ0n) is 13.4. The van der Waals surface area contributed by atoms with Crippen LogP contribution >= 0.6 is 0 Å². The molecule has 0 amide bonds. The van der Waals surface area contributed by atoms with E-state index in [1.54, 1.807) is 0 Å². The van der Waals surface area contributed by atoms with Crippen LogP contribution in [0.3, 0.4) is 0 Å². The Kier molecular flexibility index (Phi) is 4.01. The number of aliphatic hydroxyl groups is 1. The monoisotopic (exact) mass is 320 g/mol. The van der Waals surface area contributed by atoms with E-state index >= 15 is 0 Å². The number of anilines is 1. The summed E-state index contributed by atoms with van der Waals surface area (Å²) in [6, 6.07) is 14.2. The third-order valence-electron chi connectivity index (χ3n) is 4.47. The molecular weight excluding hydrogens is 300 g/mol. The van der Waals surface area contributed by atoms with Gasteiger partial charge in [-0.2, -0.15) is 0 Å². The molecule has 0 saturated carbocycles. The summed E-state index contributed by atoms with van der Waals surface area (Å²) < 4.78 is 0. The Labute approximate surface area is 141 Å². The number of imidazole rings is 1. The Bertz CT molecular complexity index is 790. The molecule has 0 atom stereocenters. The van der Waals surface area contributed by atoms with Crippen LogP contribution < -0.4 is 4.90 Å². The summed E-state index contributed by atoms with van der Waals surface area (Å²) in [5.74, 6) is 1.78. The SMILES string of the molecule is OC1CCN(c2ccc(-c3ncc(-c4ccccc4)[nH]3)cn2)CC1. The largest absolute Gasteiger partial charge is 0.393 e. The maximum absolute atomic E-state index is 9.60. The third-order valence-corrected chi connectivity index (χ3v) is 4.47. The van der Waals surface area contributed by atoms with Crippen molar-refractivity contribution in [3.63, 3.8) is 0 Å². The van der Waals surface area contributed by atoms with Crippen LogP contribution in [0.1, 0.15) is 12.8 Å². The zero-order valence-corrected chi connectivity index (χ0v) is 13.4. The van der Waals surface area contributed by atoms with Crippen molar-refractivity contribution < 1.29 is 5.11 Å². The molecule has 5 nitrogen and oxygen atoms in total. The van der Waals surface area contributed by atoms with E-state index in [0.717, 1.165) is 54.4 Å². The summed E-state index contributed by atoms with van der Waals surface area (Å²) in [6.45, 7) is 1.71. The quantitative estimate of drug-likeness (QED) is 0.778. The minimum absolute atomic E-state index is 0.167. The normalized spacial score (nSPS) is 15.6. The van der Waals surface area contributed by atoms with Gasteiger partial charge in [-0.3, -0.25) is 0 Å². The Balaban J connectivity index is 1.52. The van der Waals surface area contributed by atoms with E-state index in [1.165, 1.54) is 0 Å². The lowest BCUT2D eigenvalue weighted by atomic mass is 10.1. The molecule has 0 radical (unpaired) electrons. The van der Waals surface area contributed by atoms with Crippen LogP contribution in [-0.4, -0.2) is 39.3 Å². The maximum Gasteiger partial charge on any atom is 0.139 e. The predicted octanol–water partition coefficient (Wildman–Crippen LogP) is 3.10. The molecule has 2 aromatic heterocycles. The first-order chi connectivity index (χ1) is 11.8. The molecule has 0 aliphatic carbocycles. The second-order valence-corrected chi connectivity index (χ2v) is 6.13. The molecule has 122 valence electrons. The molecule has 3 heterocycles. The van der Waals surface area contributed by atoms with Gasteiger partial charge in [-0.05, 0) is 30.5 Å². The fourth-order valence-electron chi connectivity index (χ4n) is 3.04. The van der Waals surface area contributed by atoms with Gasteiger partial charge in [-0.1, -0.05) is 30.3 Å². The van der Waals surface area contributed by atoms with E-state index in [-0.39, 0.29) is 6.10 Å². The van der Waals surface area contributed by atoms with Crippen molar-refractivity contribution in [2.45, 2.75) is 18.9 Å². The maximum atomic E-state index is 9.60. The number of aromatic amines is 1. The van der Waals surface area contributed by atoms with E-state index in [4.69, 9.17) is 0 Å². The second kappa shape index (κ2) is 6.45. The summed E-state index contributed by atoms with van der Waals surface area (Å²) in [6.07, 6.45) is 5.16. The molecule has 2 N–H and O–H groups in total. The van der Waals surface area contributed by atoms with E-state index in [1.807, 2.05) is 42.7 Å². The number of piperidine rings is 1. The molecule has 0 unspecified atom stereocenters. The van der Waals surface area contributed by atoms with Gasteiger partial charge in [0.2, 0.25) is 0 Å². The molecule has 1 aliphatic rings. The van der Waals surface area contributed by atoms with Crippen molar-refractivity contribution in [3.05, 3.63) is 54.9 Å². The number of pyridine rings is 1. The lowest BCUT2D eigenvalue weighted by Gasteiger charge is -2.30. The number of nitrogens with one attached hydrogen (secondary N) is 1. The van der Waals surface area contributed by atoms with Crippen LogP contribution in [0.25, 0.3) is 22.6 Å². The number of aliphatic hydroxyl groups excluding tert-OH is 1. The average Bonchev–Trinajstić information content (AvgIpc) is 3.13. The number of hydrogen-bond acceptors (Lipinski definition) is 4. The first-order valence-electron chi connectivity index (χ1n) is 8.29. The van der Waals surface area contributed by atoms with Crippen molar-refractivity contribution in [3.8, 4) is 22.6 Å². The lowest BCUT2D eigenvalue weighted by molar-refractivity contribution is 0.145. The van der Waals surface area contributed by atoms with E-state index in [9.17, 15) is 5.11 Å². The van der Waals surface area contributed by atoms with Gasteiger partial charge in [0.15, 0.2) is 0 Å². The highest BCUT2D eigenvalue weighted by Gasteiger charge is 2.18. The van der Waals surface area contributed by atoms with Crippen LogP contribution in [0.4, 0.5) is 5.82 Å². The van der Waals surface area contributed by atoms with E-state index < -0.39 is 0 Å². The fourth-order valence-corrected chi connectivity index (χ4v) is 3.04. The summed E-state index contributed by atoms with van der Waals surface area (Å²) in [5.41, 5.74) is 3.09. The van der Waals surface area contributed by atoms with Gasteiger partial charge in [0.1, 0.15) is 11.6 Å². The van der Waals surface area contributed by atoms with Gasteiger partial charge in [0, 0.05) is 24.8 Å². The molecule has 1 aliphatic heterocycles. The Morgan fingerprint density at radius 1 is 0.917 bits per heavy atom. The first kappa shape index (κ1) is 14.9. The summed E-state index contributed by atoms with van der Waals surface area (Å²) >= 11 is 0. The zero-order chi connectivity index (χ0) is 16.4. The number of nitrogens with zero attached hydrogens (tertiary/aromatic N) is 3.